The van der Waals surface area contributed by atoms with Crippen LogP contribution in [0.5, 0.6) is 0 Å². The van der Waals surface area contributed by atoms with Gasteiger partial charge in [-0.3, -0.25) is 9.59 Å². The zero-order valence-corrected chi connectivity index (χ0v) is 12.5. The van der Waals surface area contributed by atoms with E-state index in [4.69, 9.17) is 0 Å². The highest BCUT2D eigenvalue weighted by Gasteiger charge is 2.26. The smallest absolute Gasteiger partial charge is 0.271 e. The minimum Gasteiger partial charge on any atom is -0.318 e. The molecule has 0 aromatic heterocycles. The molecular formula is C17H13F2N3O2. The van der Waals surface area contributed by atoms with Crippen LogP contribution >= 0.6 is 0 Å². The highest BCUT2D eigenvalue weighted by molar-refractivity contribution is 6.44. The summed E-state index contributed by atoms with van der Waals surface area (Å²) in [5, 5.41) is 7.48. The zero-order chi connectivity index (χ0) is 17.1. The first-order valence-electron chi connectivity index (χ1n) is 7.26. The van der Waals surface area contributed by atoms with Crippen LogP contribution in [0.4, 0.5) is 20.2 Å². The van der Waals surface area contributed by atoms with Crippen LogP contribution < -0.4 is 10.3 Å². The first kappa shape index (κ1) is 15.8. The summed E-state index contributed by atoms with van der Waals surface area (Å²) in [7, 11) is 0. The summed E-state index contributed by atoms with van der Waals surface area (Å²) in [6, 6.07) is 11.4. The van der Waals surface area contributed by atoms with E-state index in [1.165, 1.54) is 0 Å². The molecule has 0 saturated heterocycles. The van der Waals surface area contributed by atoms with Gasteiger partial charge in [0.1, 0.15) is 17.3 Å². The second-order valence-electron chi connectivity index (χ2n) is 5.17. The van der Waals surface area contributed by atoms with Crippen LogP contribution in [0.3, 0.4) is 0 Å². The molecule has 0 aliphatic carbocycles. The Morgan fingerprint density at radius 1 is 1.08 bits per heavy atom. The zero-order valence-electron chi connectivity index (χ0n) is 12.5. The van der Waals surface area contributed by atoms with E-state index >= 15 is 0 Å². The number of rotatable bonds is 3. The first-order valence-corrected chi connectivity index (χ1v) is 7.26. The highest BCUT2D eigenvalue weighted by Crippen LogP contribution is 2.21. The molecule has 0 fully saturated rings. The summed E-state index contributed by atoms with van der Waals surface area (Å²) in [5.41, 5.74) is 0.331. The lowest BCUT2D eigenvalue weighted by atomic mass is 10.1. The number of hydrazone groups is 1. The molecule has 2 amide bonds. The van der Waals surface area contributed by atoms with E-state index in [0.717, 1.165) is 23.2 Å². The van der Waals surface area contributed by atoms with Gasteiger partial charge in [-0.2, -0.15) is 5.10 Å². The molecule has 2 aromatic carbocycles. The molecule has 1 aliphatic heterocycles. The molecule has 2 aromatic rings. The molecule has 24 heavy (non-hydrogen) atoms. The number of nitrogens with one attached hydrogen (secondary N) is 1. The highest BCUT2D eigenvalue weighted by atomic mass is 19.1. The number of hydrogen-bond acceptors (Lipinski definition) is 3. The van der Waals surface area contributed by atoms with E-state index in [1.54, 1.807) is 30.3 Å². The van der Waals surface area contributed by atoms with Gasteiger partial charge >= 0.3 is 0 Å². The summed E-state index contributed by atoms with van der Waals surface area (Å²) in [4.78, 5) is 24.2. The number of carbonyl (C=O) groups is 2. The van der Waals surface area contributed by atoms with Gasteiger partial charge in [0.05, 0.1) is 11.4 Å². The maximum absolute atomic E-state index is 13.6. The van der Waals surface area contributed by atoms with Crippen LogP contribution in [-0.2, 0) is 9.59 Å². The molecule has 0 bridgehead atoms. The summed E-state index contributed by atoms with van der Waals surface area (Å²) in [6.07, 6.45) is 0.234. The first-order chi connectivity index (χ1) is 11.5. The van der Waals surface area contributed by atoms with Crippen molar-refractivity contribution in [2.75, 3.05) is 10.3 Å². The molecule has 122 valence electrons. The Hall–Kier alpha value is -3.09. The number of hydrogen-bond donors (Lipinski definition) is 1. The van der Waals surface area contributed by atoms with Crippen LogP contribution in [0.15, 0.2) is 53.6 Å². The number of anilines is 2. The Kier molecular flexibility index (Phi) is 4.33. The fourth-order valence-electron chi connectivity index (χ4n) is 2.28. The van der Waals surface area contributed by atoms with Crippen LogP contribution in [0.2, 0.25) is 0 Å². The predicted molar refractivity (Wildman–Crippen MR) is 85.6 cm³/mol. The molecule has 1 aliphatic rings. The molecule has 7 heteroatoms. The monoisotopic (exact) mass is 329 g/mol. The molecule has 0 saturated carbocycles. The third-order valence-electron chi connectivity index (χ3n) is 3.47. The lowest BCUT2D eigenvalue weighted by Gasteiger charge is -2.23. The van der Waals surface area contributed by atoms with Crippen LogP contribution in [0.25, 0.3) is 0 Å². The van der Waals surface area contributed by atoms with Gasteiger partial charge in [0.15, 0.2) is 0 Å². The van der Waals surface area contributed by atoms with Crippen molar-refractivity contribution >= 4 is 28.9 Å². The molecule has 3 rings (SSSR count). The Labute approximate surface area is 136 Å². The SMILES string of the molecule is O=C(Nc1cc(F)ccc1F)C1=NN(c2ccccc2)C(=O)CC1. The van der Waals surface area contributed by atoms with E-state index < -0.39 is 17.5 Å². The summed E-state index contributed by atoms with van der Waals surface area (Å²) in [6.45, 7) is 0. The topological polar surface area (TPSA) is 61.8 Å². The van der Waals surface area contributed by atoms with Crippen molar-refractivity contribution in [1.82, 2.24) is 0 Å². The van der Waals surface area contributed by atoms with E-state index in [-0.39, 0.29) is 30.1 Å². The van der Waals surface area contributed by atoms with Gasteiger partial charge in [0.2, 0.25) is 5.91 Å². The van der Waals surface area contributed by atoms with Crippen molar-refractivity contribution in [3.05, 3.63) is 60.2 Å². The maximum atomic E-state index is 13.6. The van der Waals surface area contributed by atoms with Gasteiger partial charge in [0.25, 0.3) is 5.91 Å². The fourth-order valence-corrected chi connectivity index (χ4v) is 2.28. The van der Waals surface area contributed by atoms with Crippen molar-refractivity contribution in [2.24, 2.45) is 5.10 Å². The van der Waals surface area contributed by atoms with Gasteiger partial charge in [-0.25, -0.2) is 13.8 Å². The quantitative estimate of drug-likeness (QED) is 0.940. The van der Waals surface area contributed by atoms with Crippen LogP contribution in [-0.4, -0.2) is 17.5 Å². The Bertz CT molecular complexity index is 822. The Morgan fingerprint density at radius 3 is 2.58 bits per heavy atom. The normalized spacial score (nSPS) is 14.3. The van der Waals surface area contributed by atoms with E-state index in [1.807, 2.05) is 0 Å². The van der Waals surface area contributed by atoms with Crippen LogP contribution in [0, 0.1) is 11.6 Å². The number of carbonyl (C=O) groups excluding carboxylic acids is 2. The molecule has 0 spiro atoms. The average molecular weight is 329 g/mol. The molecule has 1 N–H and O–H groups in total. The van der Waals surface area contributed by atoms with Gasteiger partial charge in [-0.1, -0.05) is 18.2 Å². The van der Waals surface area contributed by atoms with Crippen molar-refractivity contribution in [2.45, 2.75) is 12.8 Å². The minimum atomic E-state index is -0.753. The van der Waals surface area contributed by atoms with Crippen LogP contribution in [0.1, 0.15) is 12.8 Å². The third-order valence-corrected chi connectivity index (χ3v) is 3.47. The number of nitrogens with zero attached hydrogens (tertiary/aromatic N) is 2. The fraction of sp³-hybridized carbons (Fsp3) is 0.118. The van der Waals surface area contributed by atoms with Gasteiger partial charge in [0, 0.05) is 18.9 Å². The van der Waals surface area contributed by atoms with Crippen molar-refractivity contribution in [3.63, 3.8) is 0 Å². The molecular weight excluding hydrogens is 316 g/mol. The van der Waals surface area contributed by atoms with Crippen molar-refractivity contribution in [3.8, 4) is 0 Å². The Balaban J connectivity index is 1.84. The third kappa shape index (κ3) is 3.29. The lowest BCUT2D eigenvalue weighted by molar-refractivity contribution is -0.118. The molecule has 1 heterocycles. The van der Waals surface area contributed by atoms with E-state index in [2.05, 4.69) is 10.4 Å². The Morgan fingerprint density at radius 2 is 1.83 bits per heavy atom. The second kappa shape index (κ2) is 6.57. The summed E-state index contributed by atoms with van der Waals surface area (Å²) >= 11 is 0. The van der Waals surface area contributed by atoms with Gasteiger partial charge in [-0.05, 0) is 24.3 Å². The number of benzene rings is 2. The second-order valence-corrected chi connectivity index (χ2v) is 5.17. The largest absolute Gasteiger partial charge is 0.318 e. The predicted octanol–water partition coefficient (Wildman–Crippen LogP) is 3.09. The lowest BCUT2D eigenvalue weighted by Crippen LogP contribution is -2.36. The van der Waals surface area contributed by atoms with Gasteiger partial charge in [-0.15, -0.1) is 0 Å². The van der Waals surface area contributed by atoms with E-state index in [9.17, 15) is 18.4 Å². The van der Waals surface area contributed by atoms with Crippen molar-refractivity contribution < 1.29 is 18.4 Å². The number of halogens is 2. The average Bonchev–Trinajstić information content (AvgIpc) is 2.59. The summed E-state index contributed by atoms with van der Waals surface area (Å²) in [5.74, 6) is -2.34. The molecule has 0 unspecified atom stereocenters. The number of amides is 2. The molecule has 0 atom stereocenters. The minimum absolute atomic E-state index is 0.0714. The molecule has 5 nitrogen and oxygen atoms in total. The number of para-hydroxylation sites is 1. The maximum Gasteiger partial charge on any atom is 0.271 e. The van der Waals surface area contributed by atoms with E-state index in [0.29, 0.717) is 5.69 Å². The molecule has 0 radical (unpaired) electrons. The standard InChI is InChI=1S/C17H13F2N3O2/c18-11-6-7-13(19)15(10-11)20-17(24)14-8-9-16(23)22(21-14)12-4-2-1-3-5-12/h1-7,10H,8-9H2,(H,20,24). The van der Waals surface area contributed by atoms with Gasteiger partial charge < -0.3 is 5.32 Å². The summed E-state index contributed by atoms with van der Waals surface area (Å²) < 4.78 is 26.8. The van der Waals surface area contributed by atoms with Crippen molar-refractivity contribution in [1.29, 1.82) is 0 Å².